The van der Waals surface area contributed by atoms with Crippen molar-refractivity contribution in [3.05, 3.63) is 41.2 Å². The lowest BCUT2D eigenvalue weighted by Gasteiger charge is -2.27. The van der Waals surface area contributed by atoms with E-state index in [4.69, 9.17) is 5.73 Å². The van der Waals surface area contributed by atoms with Crippen molar-refractivity contribution in [3.63, 3.8) is 0 Å². The van der Waals surface area contributed by atoms with Crippen LogP contribution in [-0.4, -0.2) is 14.8 Å². The predicted octanol–water partition coefficient (Wildman–Crippen LogP) is 2.43. The molecule has 0 radical (unpaired) electrons. The van der Waals surface area contributed by atoms with Crippen molar-refractivity contribution in [2.45, 2.75) is 31.7 Å². The SMILES string of the molecule is CC1CC(c2cc(F)cc(F)c2)Cn2nc(N)nc21. The summed E-state index contributed by atoms with van der Waals surface area (Å²) < 4.78 is 28.3. The zero-order valence-electron chi connectivity index (χ0n) is 10.5. The number of fused-ring (bicyclic) bond motifs is 1. The Morgan fingerprint density at radius 1 is 1.26 bits per heavy atom. The summed E-state index contributed by atoms with van der Waals surface area (Å²) in [5.74, 6) is 0.167. The van der Waals surface area contributed by atoms with E-state index in [1.807, 2.05) is 6.92 Å². The minimum absolute atomic E-state index is 0.0220. The molecule has 2 atom stereocenters. The van der Waals surface area contributed by atoms with E-state index in [-0.39, 0.29) is 17.8 Å². The van der Waals surface area contributed by atoms with Gasteiger partial charge in [0.05, 0.1) is 0 Å². The van der Waals surface area contributed by atoms with Gasteiger partial charge in [-0.3, -0.25) is 0 Å². The van der Waals surface area contributed by atoms with Gasteiger partial charge < -0.3 is 5.73 Å². The van der Waals surface area contributed by atoms with Crippen LogP contribution >= 0.6 is 0 Å². The average molecular weight is 264 g/mol. The third kappa shape index (κ3) is 2.18. The Morgan fingerprint density at radius 3 is 2.63 bits per heavy atom. The molecule has 2 heterocycles. The number of nitrogen functional groups attached to an aromatic ring is 1. The first kappa shape index (κ1) is 12.1. The van der Waals surface area contributed by atoms with Crippen molar-refractivity contribution in [2.75, 3.05) is 5.73 Å². The molecule has 0 saturated heterocycles. The maximum absolute atomic E-state index is 13.3. The lowest BCUT2D eigenvalue weighted by atomic mass is 9.86. The standard InChI is InChI=1S/C13H14F2N4/c1-7-2-9(6-19-12(7)17-13(16)18-19)8-3-10(14)5-11(15)4-8/h3-5,7,9H,2,6H2,1H3,(H2,16,18). The van der Waals surface area contributed by atoms with Crippen molar-refractivity contribution in [1.82, 2.24) is 14.8 Å². The summed E-state index contributed by atoms with van der Waals surface area (Å²) in [4.78, 5) is 4.18. The molecule has 0 fully saturated rings. The van der Waals surface area contributed by atoms with Gasteiger partial charge in [0.1, 0.15) is 17.5 Å². The molecule has 0 amide bonds. The minimum atomic E-state index is -0.549. The largest absolute Gasteiger partial charge is 0.366 e. The topological polar surface area (TPSA) is 56.7 Å². The highest BCUT2D eigenvalue weighted by molar-refractivity contribution is 5.25. The van der Waals surface area contributed by atoms with E-state index < -0.39 is 11.6 Å². The molecule has 1 aliphatic heterocycles. The van der Waals surface area contributed by atoms with Gasteiger partial charge in [0.2, 0.25) is 5.95 Å². The molecule has 3 rings (SSSR count). The third-order valence-electron chi connectivity index (χ3n) is 3.55. The van der Waals surface area contributed by atoms with Crippen molar-refractivity contribution < 1.29 is 8.78 Å². The van der Waals surface area contributed by atoms with E-state index in [1.165, 1.54) is 12.1 Å². The van der Waals surface area contributed by atoms with E-state index in [2.05, 4.69) is 10.1 Å². The predicted molar refractivity (Wildman–Crippen MR) is 66.6 cm³/mol. The molecule has 0 saturated carbocycles. The maximum Gasteiger partial charge on any atom is 0.239 e. The molecule has 100 valence electrons. The normalized spacial score (nSPS) is 22.3. The minimum Gasteiger partial charge on any atom is -0.366 e. The first-order chi connectivity index (χ1) is 9.02. The van der Waals surface area contributed by atoms with Gasteiger partial charge in [0.15, 0.2) is 0 Å². The lowest BCUT2D eigenvalue weighted by Crippen LogP contribution is -2.22. The highest BCUT2D eigenvalue weighted by Crippen LogP contribution is 2.35. The number of nitrogens with zero attached hydrogens (tertiary/aromatic N) is 3. The quantitative estimate of drug-likeness (QED) is 0.860. The van der Waals surface area contributed by atoms with Crippen LogP contribution in [0.4, 0.5) is 14.7 Å². The monoisotopic (exact) mass is 264 g/mol. The first-order valence-electron chi connectivity index (χ1n) is 6.19. The summed E-state index contributed by atoms with van der Waals surface area (Å²) in [5.41, 5.74) is 6.25. The number of aromatic nitrogens is 3. The highest BCUT2D eigenvalue weighted by atomic mass is 19.1. The van der Waals surface area contributed by atoms with Crippen LogP contribution in [0.25, 0.3) is 0 Å². The third-order valence-corrected chi connectivity index (χ3v) is 3.55. The Hall–Kier alpha value is -1.98. The first-order valence-corrected chi connectivity index (χ1v) is 6.19. The molecule has 1 aliphatic rings. The van der Waals surface area contributed by atoms with Gasteiger partial charge >= 0.3 is 0 Å². The van der Waals surface area contributed by atoms with Crippen LogP contribution in [0.5, 0.6) is 0 Å². The summed E-state index contributed by atoms with van der Waals surface area (Å²) in [6.45, 7) is 2.56. The Kier molecular flexibility index (Phi) is 2.73. The lowest BCUT2D eigenvalue weighted by molar-refractivity contribution is 0.380. The number of nitrogens with two attached hydrogens (primary N) is 1. The summed E-state index contributed by atoms with van der Waals surface area (Å²) in [6.07, 6.45) is 0.779. The molecule has 1 aromatic carbocycles. The fourth-order valence-electron chi connectivity index (χ4n) is 2.74. The van der Waals surface area contributed by atoms with Crippen LogP contribution in [0.2, 0.25) is 0 Å². The maximum atomic E-state index is 13.3. The molecule has 2 aromatic rings. The second-order valence-electron chi connectivity index (χ2n) is 5.05. The molecule has 0 spiro atoms. The van der Waals surface area contributed by atoms with E-state index in [0.29, 0.717) is 12.1 Å². The van der Waals surface area contributed by atoms with Gasteiger partial charge in [-0.1, -0.05) is 6.92 Å². The molecule has 1 aromatic heterocycles. The van der Waals surface area contributed by atoms with Gasteiger partial charge in [0.25, 0.3) is 0 Å². The fourth-order valence-corrected chi connectivity index (χ4v) is 2.74. The highest BCUT2D eigenvalue weighted by Gasteiger charge is 2.28. The summed E-state index contributed by atoms with van der Waals surface area (Å²) in [5, 5.41) is 4.12. The summed E-state index contributed by atoms with van der Waals surface area (Å²) in [6, 6.07) is 3.64. The van der Waals surface area contributed by atoms with Gasteiger partial charge in [-0.15, -0.1) is 5.10 Å². The van der Waals surface area contributed by atoms with Crippen molar-refractivity contribution in [2.24, 2.45) is 0 Å². The zero-order chi connectivity index (χ0) is 13.6. The second-order valence-corrected chi connectivity index (χ2v) is 5.05. The van der Waals surface area contributed by atoms with Gasteiger partial charge in [-0.05, 0) is 24.1 Å². The van der Waals surface area contributed by atoms with Crippen LogP contribution in [0.3, 0.4) is 0 Å². The fraction of sp³-hybridized carbons (Fsp3) is 0.385. The molecule has 6 heteroatoms. The number of hydrogen-bond donors (Lipinski definition) is 1. The average Bonchev–Trinajstić information content (AvgIpc) is 2.69. The Labute approximate surface area is 109 Å². The molecular weight excluding hydrogens is 250 g/mol. The number of hydrogen-bond acceptors (Lipinski definition) is 3. The van der Waals surface area contributed by atoms with Crippen LogP contribution < -0.4 is 5.73 Å². The molecule has 2 N–H and O–H groups in total. The van der Waals surface area contributed by atoms with Crippen molar-refractivity contribution in [3.8, 4) is 0 Å². The molecule has 2 unspecified atom stereocenters. The van der Waals surface area contributed by atoms with Crippen LogP contribution in [0.15, 0.2) is 18.2 Å². The van der Waals surface area contributed by atoms with E-state index in [9.17, 15) is 8.78 Å². The number of halogens is 2. The number of benzene rings is 1. The Balaban J connectivity index is 1.96. The molecule has 0 bridgehead atoms. The number of anilines is 1. The zero-order valence-corrected chi connectivity index (χ0v) is 10.5. The van der Waals surface area contributed by atoms with E-state index in [0.717, 1.165) is 18.3 Å². The van der Waals surface area contributed by atoms with Crippen LogP contribution in [0, 0.1) is 11.6 Å². The molecular formula is C13H14F2N4. The van der Waals surface area contributed by atoms with Gasteiger partial charge in [0, 0.05) is 24.4 Å². The Morgan fingerprint density at radius 2 is 1.95 bits per heavy atom. The summed E-state index contributed by atoms with van der Waals surface area (Å²) in [7, 11) is 0. The molecule has 4 nitrogen and oxygen atoms in total. The van der Waals surface area contributed by atoms with Crippen LogP contribution in [0.1, 0.15) is 36.6 Å². The van der Waals surface area contributed by atoms with Crippen molar-refractivity contribution >= 4 is 5.95 Å². The summed E-state index contributed by atoms with van der Waals surface area (Å²) >= 11 is 0. The van der Waals surface area contributed by atoms with E-state index in [1.54, 1.807) is 4.68 Å². The van der Waals surface area contributed by atoms with Crippen LogP contribution in [-0.2, 0) is 6.54 Å². The number of rotatable bonds is 1. The van der Waals surface area contributed by atoms with Gasteiger partial charge in [-0.25, -0.2) is 13.5 Å². The Bertz CT molecular complexity index is 603. The van der Waals surface area contributed by atoms with E-state index >= 15 is 0 Å². The molecule has 0 aliphatic carbocycles. The van der Waals surface area contributed by atoms with Crippen molar-refractivity contribution in [1.29, 1.82) is 0 Å². The molecule has 19 heavy (non-hydrogen) atoms. The second kappa shape index (κ2) is 4.29. The van der Waals surface area contributed by atoms with Gasteiger partial charge in [-0.2, -0.15) is 4.98 Å². The smallest absolute Gasteiger partial charge is 0.239 e.